The second-order valence-electron chi connectivity index (χ2n) is 4.53. The molecule has 0 radical (unpaired) electrons. The first-order valence-corrected chi connectivity index (χ1v) is 5.57. The number of imidazole rings is 1. The molecule has 1 aliphatic carbocycles. The Morgan fingerprint density at radius 3 is 3.19 bits per heavy atom. The minimum atomic E-state index is 0.511. The summed E-state index contributed by atoms with van der Waals surface area (Å²) in [7, 11) is 0. The number of nitrogen functional groups attached to an aromatic ring is 1. The van der Waals surface area contributed by atoms with E-state index in [1.54, 1.807) is 12.4 Å². The number of fused-ring (bicyclic) bond motifs is 1. The molecule has 0 aromatic carbocycles. The topological polar surface area (TPSA) is 68.2 Å². The summed E-state index contributed by atoms with van der Waals surface area (Å²) in [5.41, 5.74) is 6.57. The van der Waals surface area contributed by atoms with Crippen LogP contribution in [-0.2, 0) is 0 Å². The van der Waals surface area contributed by atoms with Gasteiger partial charge in [-0.1, -0.05) is 6.92 Å². The van der Waals surface area contributed by atoms with E-state index in [1.807, 2.05) is 10.6 Å². The van der Waals surface area contributed by atoms with E-state index in [0.29, 0.717) is 5.82 Å². The summed E-state index contributed by atoms with van der Waals surface area (Å²) in [4.78, 5) is 8.54. The van der Waals surface area contributed by atoms with Gasteiger partial charge in [-0.3, -0.25) is 0 Å². The van der Waals surface area contributed by atoms with E-state index in [-0.39, 0.29) is 0 Å². The van der Waals surface area contributed by atoms with Crippen molar-refractivity contribution in [2.24, 2.45) is 11.8 Å². The second kappa shape index (κ2) is 3.37. The number of aromatic nitrogens is 3. The fourth-order valence-corrected chi connectivity index (χ4v) is 1.98. The van der Waals surface area contributed by atoms with Gasteiger partial charge in [0.2, 0.25) is 0 Å². The molecule has 3 rings (SSSR count). The molecule has 16 heavy (non-hydrogen) atoms. The summed E-state index contributed by atoms with van der Waals surface area (Å²) < 4.78 is 1.89. The number of rotatable bonds is 3. The normalized spacial score (nSPS) is 23.6. The molecule has 0 amide bonds. The SMILES string of the molecule is CC1CC1CNc1nc(N)cn2ccnc12. The van der Waals surface area contributed by atoms with Crippen LogP contribution in [0.1, 0.15) is 13.3 Å². The molecule has 1 saturated carbocycles. The summed E-state index contributed by atoms with van der Waals surface area (Å²) in [5.74, 6) is 2.91. The number of hydrogen-bond donors (Lipinski definition) is 2. The maximum Gasteiger partial charge on any atom is 0.180 e. The van der Waals surface area contributed by atoms with E-state index in [9.17, 15) is 0 Å². The monoisotopic (exact) mass is 217 g/mol. The van der Waals surface area contributed by atoms with Crippen LogP contribution in [0.2, 0.25) is 0 Å². The standard InChI is InChI=1S/C11H15N5/c1-7-4-8(7)5-14-10-11-13-2-3-16(11)6-9(12)15-10/h2-3,6-8H,4-5,12H2,1H3,(H,14,15). The van der Waals surface area contributed by atoms with Crippen LogP contribution < -0.4 is 11.1 Å². The average Bonchev–Trinajstić information content (AvgIpc) is 2.76. The van der Waals surface area contributed by atoms with Gasteiger partial charge >= 0.3 is 0 Å². The van der Waals surface area contributed by atoms with Crippen LogP contribution >= 0.6 is 0 Å². The molecule has 0 aliphatic heterocycles. The van der Waals surface area contributed by atoms with Crippen molar-refractivity contribution in [3.63, 3.8) is 0 Å². The molecule has 2 aromatic heterocycles. The minimum Gasteiger partial charge on any atom is -0.382 e. The van der Waals surface area contributed by atoms with E-state index >= 15 is 0 Å². The van der Waals surface area contributed by atoms with Crippen molar-refractivity contribution in [2.75, 3.05) is 17.6 Å². The first-order valence-electron chi connectivity index (χ1n) is 5.57. The van der Waals surface area contributed by atoms with Gasteiger partial charge < -0.3 is 15.5 Å². The third-order valence-corrected chi connectivity index (χ3v) is 3.20. The molecule has 0 bridgehead atoms. The van der Waals surface area contributed by atoms with Gasteiger partial charge in [-0.15, -0.1) is 0 Å². The van der Waals surface area contributed by atoms with E-state index in [1.165, 1.54) is 6.42 Å². The van der Waals surface area contributed by atoms with Crippen LogP contribution in [0.3, 0.4) is 0 Å². The van der Waals surface area contributed by atoms with Gasteiger partial charge in [-0.05, 0) is 18.3 Å². The lowest BCUT2D eigenvalue weighted by Gasteiger charge is -2.07. The van der Waals surface area contributed by atoms with Crippen LogP contribution in [-0.4, -0.2) is 20.9 Å². The number of nitrogens with zero attached hydrogens (tertiary/aromatic N) is 3. The molecule has 0 spiro atoms. The molecule has 1 aliphatic rings. The zero-order chi connectivity index (χ0) is 11.1. The van der Waals surface area contributed by atoms with E-state index in [2.05, 4.69) is 22.2 Å². The van der Waals surface area contributed by atoms with Crippen molar-refractivity contribution in [3.05, 3.63) is 18.6 Å². The predicted octanol–water partition coefficient (Wildman–Crippen LogP) is 1.38. The molecule has 0 saturated heterocycles. The highest BCUT2D eigenvalue weighted by Gasteiger charge is 2.32. The van der Waals surface area contributed by atoms with Crippen LogP contribution in [0, 0.1) is 11.8 Å². The van der Waals surface area contributed by atoms with Gasteiger partial charge in [0.05, 0.1) is 6.20 Å². The predicted molar refractivity (Wildman–Crippen MR) is 63.2 cm³/mol. The Hall–Kier alpha value is -1.78. The highest BCUT2D eigenvalue weighted by Crippen LogP contribution is 2.37. The third kappa shape index (κ3) is 1.58. The number of nitrogens with one attached hydrogen (secondary N) is 1. The molecular weight excluding hydrogens is 202 g/mol. The Kier molecular flexibility index (Phi) is 1.99. The van der Waals surface area contributed by atoms with Gasteiger partial charge in [-0.2, -0.15) is 0 Å². The largest absolute Gasteiger partial charge is 0.382 e. The molecule has 3 N–H and O–H groups in total. The van der Waals surface area contributed by atoms with Gasteiger partial charge in [0, 0.05) is 18.9 Å². The van der Waals surface area contributed by atoms with Crippen molar-refractivity contribution in [1.82, 2.24) is 14.4 Å². The molecule has 2 atom stereocenters. The summed E-state index contributed by atoms with van der Waals surface area (Å²) in [6.07, 6.45) is 6.70. The lowest BCUT2D eigenvalue weighted by Crippen LogP contribution is -2.09. The molecule has 5 heteroatoms. The Morgan fingerprint density at radius 2 is 2.44 bits per heavy atom. The molecule has 2 heterocycles. The van der Waals surface area contributed by atoms with Crippen molar-refractivity contribution in [3.8, 4) is 0 Å². The lowest BCUT2D eigenvalue weighted by molar-refractivity contribution is 0.784. The molecule has 1 fully saturated rings. The molecule has 5 nitrogen and oxygen atoms in total. The van der Waals surface area contributed by atoms with Crippen LogP contribution in [0.25, 0.3) is 5.65 Å². The maximum atomic E-state index is 5.73. The van der Waals surface area contributed by atoms with Gasteiger partial charge in [0.25, 0.3) is 0 Å². The smallest absolute Gasteiger partial charge is 0.180 e. The second-order valence-corrected chi connectivity index (χ2v) is 4.53. The summed E-state index contributed by atoms with van der Waals surface area (Å²) in [5, 5.41) is 3.33. The van der Waals surface area contributed by atoms with Crippen LogP contribution in [0.15, 0.2) is 18.6 Å². The van der Waals surface area contributed by atoms with Crippen LogP contribution in [0.4, 0.5) is 11.6 Å². The van der Waals surface area contributed by atoms with E-state index in [4.69, 9.17) is 5.73 Å². The van der Waals surface area contributed by atoms with Crippen LogP contribution in [0.5, 0.6) is 0 Å². The first kappa shape index (κ1) is 9.45. The van der Waals surface area contributed by atoms with Gasteiger partial charge in [-0.25, -0.2) is 9.97 Å². The quantitative estimate of drug-likeness (QED) is 0.815. The third-order valence-electron chi connectivity index (χ3n) is 3.20. The number of hydrogen-bond acceptors (Lipinski definition) is 4. The van der Waals surface area contributed by atoms with Gasteiger partial charge in [0.1, 0.15) is 5.82 Å². The fraction of sp³-hybridized carbons (Fsp3) is 0.455. The van der Waals surface area contributed by atoms with Crippen molar-refractivity contribution in [1.29, 1.82) is 0 Å². The van der Waals surface area contributed by atoms with Crippen molar-refractivity contribution < 1.29 is 0 Å². The molecular formula is C11H15N5. The molecule has 2 unspecified atom stereocenters. The molecule has 84 valence electrons. The fourth-order valence-electron chi connectivity index (χ4n) is 1.98. The Morgan fingerprint density at radius 1 is 1.62 bits per heavy atom. The zero-order valence-corrected chi connectivity index (χ0v) is 9.22. The van der Waals surface area contributed by atoms with Crippen molar-refractivity contribution in [2.45, 2.75) is 13.3 Å². The molecule has 2 aromatic rings. The summed E-state index contributed by atoms with van der Waals surface area (Å²) >= 11 is 0. The van der Waals surface area contributed by atoms with E-state index < -0.39 is 0 Å². The average molecular weight is 217 g/mol. The highest BCUT2D eigenvalue weighted by atomic mass is 15.1. The Balaban J connectivity index is 1.86. The summed E-state index contributed by atoms with van der Waals surface area (Å²) in [6, 6.07) is 0. The highest BCUT2D eigenvalue weighted by molar-refractivity contribution is 5.64. The number of anilines is 2. The lowest BCUT2D eigenvalue weighted by atomic mass is 10.3. The van der Waals surface area contributed by atoms with E-state index in [0.717, 1.165) is 29.8 Å². The van der Waals surface area contributed by atoms with Crippen molar-refractivity contribution >= 4 is 17.3 Å². The summed E-state index contributed by atoms with van der Waals surface area (Å²) in [6.45, 7) is 3.23. The minimum absolute atomic E-state index is 0.511. The first-order chi connectivity index (χ1) is 7.74. The Bertz CT molecular complexity index is 518. The maximum absolute atomic E-state index is 5.73. The number of nitrogens with two attached hydrogens (primary N) is 1. The van der Waals surface area contributed by atoms with Gasteiger partial charge in [0.15, 0.2) is 11.5 Å². The zero-order valence-electron chi connectivity index (χ0n) is 9.22. The Labute approximate surface area is 93.7 Å².